The molecule has 3 rings (SSSR count). The van der Waals surface area contributed by atoms with Crippen molar-refractivity contribution in [1.29, 1.82) is 0 Å². The summed E-state index contributed by atoms with van der Waals surface area (Å²) < 4.78 is 69.7. The molecule has 4 nitrogen and oxygen atoms in total. The van der Waals surface area contributed by atoms with E-state index in [0.29, 0.717) is 0 Å². The molecule has 0 spiro atoms. The fourth-order valence-electron chi connectivity index (χ4n) is 9.63. The summed E-state index contributed by atoms with van der Waals surface area (Å²) in [6.07, 6.45) is 24.9. The van der Waals surface area contributed by atoms with Gasteiger partial charge in [0.2, 0.25) is 0 Å². The fourth-order valence-corrected chi connectivity index (χ4v) is 45.2. The number of unbranched alkanes of at least 4 members (excludes halogenated alkanes) is 6. The van der Waals surface area contributed by atoms with Crippen molar-refractivity contribution >= 4 is 56.4 Å². The monoisotopic (exact) mass is 1040 g/mol. The van der Waals surface area contributed by atoms with E-state index in [9.17, 15) is 0 Å². The Hall–Kier alpha value is -0.583. The molecule has 0 bridgehead atoms. The van der Waals surface area contributed by atoms with Crippen LogP contribution in [-0.2, 0) is 19.7 Å². The molecule has 2 atom stereocenters. The maximum absolute atomic E-state index is 15.2. The minimum absolute atomic E-state index is 0.0856. The van der Waals surface area contributed by atoms with Gasteiger partial charge in [0.1, 0.15) is 0 Å². The summed E-state index contributed by atoms with van der Waals surface area (Å²) in [6, 6.07) is 13.7. The number of sulfone groups is 2. The first-order valence-electron chi connectivity index (χ1n) is 23.2. The molecule has 2 aromatic rings. The van der Waals surface area contributed by atoms with Crippen LogP contribution in [0.5, 0.6) is 0 Å². The molecule has 0 heterocycles. The van der Waals surface area contributed by atoms with Gasteiger partial charge in [-0.15, -0.1) is 0 Å². The summed E-state index contributed by atoms with van der Waals surface area (Å²) >= 11 is -5.07. The average Bonchev–Trinajstić information content (AvgIpc) is 3.59. The van der Waals surface area contributed by atoms with E-state index < -0.39 is 60.5 Å². The Balaban J connectivity index is 2.23. The van der Waals surface area contributed by atoms with Crippen LogP contribution in [0.4, 0.5) is 0 Å². The second-order valence-electron chi connectivity index (χ2n) is 18.2. The van der Waals surface area contributed by atoms with Gasteiger partial charge in [-0.05, 0) is 0 Å². The van der Waals surface area contributed by atoms with Crippen LogP contribution in [0.2, 0.25) is 35.5 Å². The van der Waals surface area contributed by atoms with E-state index in [1.807, 2.05) is 13.8 Å². The van der Waals surface area contributed by atoms with Crippen LogP contribution in [0.3, 0.4) is 0 Å². The second kappa shape index (κ2) is 24.8. The van der Waals surface area contributed by atoms with E-state index in [1.165, 1.54) is 113 Å². The zero-order valence-corrected chi connectivity index (χ0v) is 44.9. The van der Waals surface area contributed by atoms with Crippen LogP contribution in [-0.4, -0.2) is 57.7 Å². The Labute approximate surface area is 360 Å². The SMILES string of the molecule is CCC[CH2][Sn]([CH2]/C=C/[C@H]1CC(S(=O)(=O)c2ccc(C)cc2)(S(=O)(=O)c2ccc(C)cc2)C[C@@H]1/C=C/[CH2][Sn]([CH2]CCC)([CH2]CCC)[CH2]CCC)([CH2]CCC)[CH2]CCC. The van der Waals surface area contributed by atoms with Crippen LogP contribution in [0.25, 0.3) is 0 Å². The molecule has 0 radical (unpaired) electrons. The molecule has 1 aliphatic rings. The van der Waals surface area contributed by atoms with Gasteiger partial charge in [0.15, 0.2) is 0 Å². The number of allylic oxidation sites excluding steroid dienone is 4. The molecule has 0 saturated heterocycles. The Kier molecular flexibility index (Phi) is 22.1. The number of benzene rings is 2. The molecule has 2 aromatic carbocycles. The van der Waals surface area contributed by atoms with E-state index in [4.69, 9.17) is 0 Å². The van der Waals surface area contributed by atoms with Crippen LogP contribution < -0.4 is 0 Å². The average molecular weight is 1040 g/mol. The molecule has 1 saturated carbocycles. The predicted molar refractivity (Wildman–Crippen MR) is 253 cm³/mol. The zero-order valence-electron chi connectivity index (χ0n) is 37.6. The number of hydrogen-bond donors (Lipinski definition) is 0. The van der Waals surface area contributed by atoms with Gasteiger partial charge in [-0.1, -0.05) is 0 Å². The maximum atomic E-state index is 15.2. The molecule has 8 heteroatoms. The predicted octanol–water partition coefficient (Wildman–Crippen LogP) is 15.1. The van der Waals surface area contributed by atoms with Gasteiger partial charge in [-0.2, -0.15) is 0 Å². The Morgan fingerprint density at radius 1 is 0.491 bits per heavy atom. The van der Waals surface area contributed by atoms with E-state index >= 15 is 16.8 Å². The van der Waals surface area contributed by atoms with Gasteiger partial charge in [-0.25, -0.2) is 0 Å². The Morgan fingerprint density at radius 2 is 0.754 bits per heavy atom. The van der Waals surface area contributed by atoms with Gasteiger partial charge in [0, 0.05) is 0 Å². The summed E-state index contributed by atoms with van der Waals surface area (Å²) in [5.41, 5.74) is 1.90. The first kappa shape index (κ1) is 50.8. The Morgan fingerprint density at radius 3 is 1.00 bits per heavy atom. The van der Waals surface area contributed by atoms with E-state index in [1.54, 1.807) is 48.5 Å². The third-order valence-electron chi connectivity index (χ3n) is 13.5. The summed E-state index contributed by atoms with van der Waals surface area (Å²) in [7, 11) is -8.61. The van der Waals surface area contributed by atoms with Crippen molar-refractivity contribution in [3.05, 3.63) is 84.0 Å². The standard InChI is InChI=1S/C25H28O4S2.6C4H9.2Sn/c1-5-7-21-17-25(18-22(21)8-6-2,30(26,27)23-13-9-19(3)10-14-23)31(28,29)24-15-11-20(4)12-16-24;6*1-3-4-2;;/h5-16,21-22H,1-2,17-18H2,3-4H3;6*1,3-4H2,2H3;;/b7-5+,8-6+;;;;;;;;/t21-,22-;;;;;;;;/m0......../s1. The normalized spacial score (nSPS) is 18.0. The quantitative estimate of drug-likeness (QED) is 0.0629. The fraction of sp³-hybridized carbons (Fsp3) is 0.673. The molecule has 0 amide bonds. The molecule has 1 aliphatic carbocycles. The zero-order chi connectivity index (χ0) is 42.0. The van der Waals surface area contributed by atoms with Gasteiger partial charge >= 0.3 is 364 Å². The third-order valence-corrected chi connectivity index (χ3v) is 49.8. The van der Waals surface area contributed by atoms with E-state index in [2.05, 4.69) is 65.8 Å². The summed E-state index contributed by atoms with van der Waals surface area (Å²) in [5, 5.41) is 0. The van der Waals surface area contributed by atoms with Crippen LogP contribution >= 0.6 is 0 Å². The summed E-state index contributed by atoms with van der Waals surface area (Å²) in [4.78, 5) is 0.220. The number of rotatable bonds is 28. The molecule has 0 aliphatic heterocycles. The molecular formula is C49H82O4S2Sn2. The molecule has 322 valence electrons. The van der Waals surface area contributed by atoms with Crippen molar-refractivity contribution in [3.8, 4) is 0 Å². The van der Waals surface area contributed by atoms with Crippen LogP contribution in [0.15, 0.2) is 82.6 Å². The van der Waals surface area contributed by atoms with Crippen molar-refractivity contribution in [2.45, 2.75) is 195 Å². The van der Waals surface area contributed by atoms with Crippen molar-refractivity contribution in [2.75, 3.05) is 0 Å². The topological polar surface area (TPSA) is 68.3 Å². The second-order valence-corrected chi connectivity index (χ2v) is 51.0. The number of aryl methyl sites for hydroxylation is 2. The van der Waals surface area contributed by atoms with Gasteiger partial charge in [0.05, 0.1) is 0 Å². The van der Waals surface area contributed by atoms with Crippen molar-refractivity contribution in [3.63, 3.8) is 0 Å². The summed E-state index contributed by atoms with van der Waals surface area (Å²) in [5.74, 6) is -0.332. The molecule has 1 fully saturated rings. The third kappa shape index (κ3) is 13.7. The molecule has 0 aromatic heterocycles. The molecule has 0 N–H and O–H groups in total. The van der Waals surface area contributed by atoms with Crippen LogP contribution in [0, 0.1) is 25.7 Å². The van der Waals surface area contributed by atoms with Gasteiger partial charge in [-0.3, -0.25) is 0 Å². The first-order valence-corrected chi connectivity index (χ1v) is 42.3. The van der Waals surface area contributed by atoms with E-state index in [-0.39, 0.29) is 34.5 Å². The minimum atomic E-state index is -4.31. The van der Waals surface area contributed by atoms with Gasteiger partial charge < -0.3 is 0 Å². The molecule has 57 heavy (non-hydrogen) atoms. The van der Waals surface area contributed by atoms with Gasteiger partial charge in [0.25, 0.3) is 0 Å². The molecule has 0 unspecified atom stereocenters. The van der Waals surface area contributed by atoms with Crippen molar-refractivity contribution in [2.24, 2.45) is 11.8 Å². The summed E-state index contributed by atoms with van der Waals surface area (Å²) in [6.45, 7) is 17.8. The number of hydrogen-bond acceptors (Lipinski definition) is 4. The van der Waals surface area contributed by atoms with Crippen LogP contribution in [0.1, 0.15) is 143 Å². The first-order chi connectivity index (χ1) is 27.2. The van der Waals surface area contributed by atoms with E-state index in [0.717, 1.165) is 11.1 Å². The van der Waals surface area contributed by atoms with Crippen molar-refractivity contribution in [1.82, 2.24) is 0 Å². The Bertz CT molecular complexity index is 1560. The van der Waals surface area contributed by atoms with Crippen molar-refractivity contribution < 1.29 is 16.8 Å². The molecular weight excluding hydrogens is 954 g/mol.